The number of hydrogen-bond donors (Lipinski definition) is 1. The summed E-state index contributed by atoms with van der Waals surface area (Å²) in [5, 5.41) is 6.10. The van der Waals surface area contributed by atoms with E-state index in [0.29, 0.717) is 6.04 Å². The molecule has 1 saturated carbocycles. The molecule has 0 atom stereocenters. The predicted octanol–water partition coefficient (Wildman–Crippen LogP) is 5.33. The molecule has 1 aliphatic rings. The highest BCUT2D eigenvalue weighted by Crippen LogP contribution is 2.31. The molecule has 0 amide bonds. The molecule has 0 unspecified atom stereocenters. The van der Waals surface area contributed by atoms with Gasteiger partial charge in [-0.2, -0.15) is 0 Å². The first-order chi connectivity index (χ1) is 9.90. The number of nitrogens with one attached hydrogen (secondary N) is 1. The summed E-state index contributed by atoms with van der Waals surface area (Å²) in [6, 6.07) is 15.3. The lowest BCUT2D eigenvalue weighted by Gasteiger charge is -2.23. The number of benzene rings is 2. The molecule has 2 heteroatoms. The number of fused-ring (bicyclic) bond motifs is 3. The number of furan rings is 1. The van der Waals surface area contributed by atoms with Gasteiger partial charge in [0.05, 0.1) is 0 Å². The van der Waals surface area contributed by atoms with E-state index in [9.17, 15) is 0 Å². The van der Waals surface area contributed by atoms with Crippen molar-refractivity contribution >= 4 is 27.6 Å². The molecule has 1 heterocycles. The second-order valence-corrected chi connectivity index (χ2v) is 5.79. The van der Waals surface area contributed by atoms with Gasteiger partial charge in [0.25, 0.3) is 0 Å². The highest BCUT2D eigenvalue weighted by atomic mass is 16.3. The van der Waals surface area contributed by atoms with E-state index in [1.54, 1.807) is 0 Å². The van der Waals surface area contributed by atoms with Crippen LogP contribution < -0.4 is 5.32 Å². The normalized spacial score (nSPS) is 16.8. The first kappa shape index (κ1) is 11.8. The SMILES string of the molecule is c1ccc2c(c1)oc1ccc(NC3CCCCC3)cc12. The van der Waals surface area contributed by atoms with Crippen LogP contribution in [0.1, 0.15) is 32.1 Å². The molecular weight excluding hydrogens is 246 g/mol. The predicted molar refractivity (Wildman–Crippen MR) is 84.2 cm³/mol. The van der Waals surface area contributed by atoms with Crippen LogP contribution in [-0.4, -0.2) is 6.04 Å². The van der Waals surface area contributed by atoms with Crippen LogP contribution in [0.5, 0.6) is 0 Å². The van der Waals surface area contributed by atoms with E-state index >= 15 is 0 Å². The largest absolute Gasteiger partial charge is 0.456 e. The monoisotopic (exact) mass is 265 g/mol. The van der Waals surface area contributed by atoms with Crippen molar-refractivity contribution in [3.8, 4) is 0 Å². The van der Waals surface area contributed by atoms with E-state index in [4.69, 9.17) is 4.42 Å². The maximum atomic E-state index is 5.87. The maximum Gasteiger partial charge on any atom is 0.135 e. The van der Waals surface area contributed by atoms with Gasteiger partial charge in [0.2, 0.25) is 0 Å². The Hall–Kier alpha value is -1.96. The van der Waals surface area contributed by atoms with E-state index in [0.717, 1.165) is 11.2 Å². The highest BCUT2D eigenvalue weighted by Gasteiger charge is 2.13. The van der Waals surface area contributed by atoms with Crippen molar-refractivity contribution in [3.05, 3.63) is 42.5 Å². The lowest BCUT2D eigenvalue weighted by atomic mass is 9.95. The fourth-order valence-electron chi connectivity index (χ4n) is 3.30. The molecule has 3 aromatic rings. The van der Waals surface area contributed by atoms with Crippen LogP contribution in [0.3, 0.4) is 0 Å². The highest BCUT2D eigenvalue weighted by molar-refractivity contribution is 6.05. The quantitative estimate of drug-likeness (QED) is 0.677. The van der Waals surface area contributed by atoms with Gasteiger partial charge >= 0.3 is 0 Å². The van der Waals surface area contributed by atoms with E-state index in [2.05, 4.69) is 35.6 Å². The third-order valence-corrected chi connectivity index (χ3v) is 4.35. The maximum absolute atomic E-state index is 5.87. The van der Waals surface area contributed by atoms with Crippen molar-refractivity contribution in [2.75, 3.05) is 5.32 Å². The molecule has 0 bridgehead atoms. The zero-order valence-corrected chi connectivity index (χ0v) is 11.6. The minimum Gasteiger partial charge on any atom is -0.456 e. The minimum absolute atomic E-state index is 0.638. The molecule has 0 saturated heterocycles. The fourth-order valence-corrected chi connectivity index (χ4v) is 3.30. The molecule has 0 spiro atoms. The van der Waals surface area contributed by atoms with Gasteiger partial charge < -0.3 is 9.73 Å². The van der Waals surface area contributed by atoms with Gasteiger partial charge in [-0.15, -0.1) is 0 Å². The summed E-state index contributed by atoms with van der Waals surface area (Å²) in [6.45, 7) is 0. The van der Waals surface area contributed by atoms with Gasteiger partial charge in [-0.1, -0.05) is 37.5 Å². The first-order valence-corrected chi connectivity index (χ1v) is 7.58. The topological polar surface area (TPSA) is 25.2 Å². The molecule has 1 aliphatic carbocycles. The summed E-state index contributed by atoms with van der Waals surface area (Å²) < 4.78 is 5.87. The Morgan fingerprint density at radius 1 is 0.850 bits per heavy atom. The Bertz CT molecular complexity index is 737. The second kappa shape index (κ2) is 4.86. The molecule has 102 valence electrons. The molecular formula is C18H19NO. The standard InChI is InChI=1S/C18H19NO/c1-2-6-13(7-3-1)19-14-10-11-18-16(12-14)15-8-4-5-9-17(15)20-18/h4-5,8-13,19H,1-3,6-7H2. The average Bonchev–Trinajstić information content (AvgIpc) is 2.86. The van der Waals surface area contributed by atoms with Gasteiger partial charge in [-0.3, -0.25) is 0 Å². The molecule has 2 aromatic carbocycles. The van der Waals surface area contributed by atoms with Crippen LogP contribution >= 0.6 is 0 Å². The van der Waals surface area contributed by atoms with Gasteiger partial charge in [0.15, 0.2) is 0 Å². The summed E-state index contributed by atoms with van der Waals surface area (Å²) >= 11 is 0. The molecule has 0 radical (unpaired) electrons. The van der Waals surface area contributed by atoms with Crippen molar-refractivity contribution in [2.24, 2.45) is 0 Å². The number of rotatable bonds is 2. The van der Waals surface area contributed by atoms with Crippen molar-refractivity contribution < 1.29 is 4.42 Å². The van der Waals surface area contributed by atoms with Crippen LogP contribution in [-0.2, 0) is 0 Å². The zero-order valence-electron chi connectivity index (χ0n) is 11.6. The van der Waals surface area contributed by atoms with Crippen LogP contribution in [0.4, 0.5) is 5.69 Å². The summed E-state index contributed by atoms with van der Waals surface area (Å²) in [5.41, 5.74) is 3.16. The minimum atomic E-state index is 0.638. The van der Waals surface area contributed by atoms with Gasteiger partial charge in [-0.05, 0) is 37.1 Å². The van der Waals surface area contributed by atoms with Crippen molar-refractivity contribution in [1.82, 2.24) is 0 Å². The van der Waals surface area contributed by atoms with E-state index < -0.39 is 0 Å². The Balaban J connectivity index is 1.71. The Kier molecular flexibility index (Phi) is 2.87. The van der Waals surface area contributed by atoms with Gasteiger partial charge in [-0.25, -0.2) is 0 Å². The average molecular weight is 265 g/mol. The fraction of sp³-hybridized carbons (Fsp3) is 0.333. The summed E-state index contributed by atoms with van der Waals surface area (Å²) in [6.07, 6.45) is 6.70. The Labute approximate surface area is 118 Å². The van der Waals surface area contributed by atoms with Gasteiger partial charge in [0.1, 0.15) is 11.2 Å². The Morgan fingerprint density at radius 3 is 2.55 bits per heavy atom. The smallest absolute Gasteiger partial charge is 0.135 e. The lowest BCUT2D eigenvalue weighted by Crippen LogP contribution is -2.22. The van der Waals surface area contributed by atoms with Crippen LogP contribution in [0.25, 0.3) is 21.9 Å². The lowest BCUT2D eigenvalue weighted by molar-refractivity contribution is 0.463. The number of anilines is 1. The van der Waals surface area contributed by atoms with E-state index in [1.807, 2.05) is 12.1 Å². The number of hydrogen-bond acceptors (Lipinski definition) is 2. The Morgan fingerprint density at radius 2 is 1.65 bits per heavy atom. The third kappa shape index (κ3) is 2.05. The second-order valence-electron chi connectivity index (χ2n) is 5.79. The molecule has 2 nitrogen and oxygen atoms in total. The summed E-state index contributed by atoms with van der Waals surface area (Å²) in [7, 11) is 0. The number of para-hydroxylation sites is 1. The van der Waals surface area contributed by atoms with Crippen LogP contribution in [0.15, 0.2) is 46.9 Å². The molecule has 1 N–H and O–H groups in total. The van der Waals surface area contributed by atoms with Crippen LogP contribution in [0.2, 0.25) is 0 Å². The molecule has 20 heavy (non-hydrogen) atoms. The van der Waals surface area contributed by atoms with E-state index in [1.165, 1.54) is 48.6 Å². The molecule has 0 aliphatic heterocycles. The van der Waals surface area contributed by atoms with Crippen molar-refractivity contribution in [2.45, 2.75) is 38.1 Å². The van der Waals surface area contributed by atoms with E-state index in [-0.39, 0.29) is 0 Å². The third-order valence-electron chi connectivity index (χ3n) is 4.35. The molecule has 1 aromatic heterocycles. The van der Waals surface area contributed by atoms with Crippen molar-refractivity contribution in [1.29, 1.82) is 0 Å². The summed E-state index contributed by atoms with van der Waals surface area (Å²) in [5.74, 6) is 0. The van der Waals surface area contributed by atoms with Crippen molar-refractivity contribution in [3.63, 3.8) is 0 Å². The summed E-state index contributed by atoms with van der Waals surface area (Å²) in [4.78, 5) is 0. The molecule has 1 fully saturated rings. The van der Waals surface area contributed by atoms with Crippen LogP contribution in [0, 0.1) is 0 Å². The first-order valence-electron chi connectivity index (χ1n) is 7.58. The van der Waals surface area contributed by atoms with Gasteiger partial charge in [0, 0.05) is 22.5 Å². The zero-order chi connectivity index (χ0) is 13.4. The molecule has 4 rings (SSSR count).